The zero-order chi connectivity index (χ0) is 13.0. The third-order valence-electron chi connectivity index (χ3n) is 4.05. The van der Waals surface area contributed by atoms with Crippen LogP contribution in [0.4, 0.5) is 0 Å². The van der Waals surface area contributed by atoms with E-state index in [2.05, 4.69) is 10.6 Å². The largest absolute Gasteiger partial charge is 0.357 e. The molecule has 0 aliphatic carbocycles. The molecule has 0 radical (unpaired) electrons. The van der Waals surface area contributed by atoms with Gasteiger partial charge in [-0.05, 0) is 44.7 Å². The van der Waals surface area contributed by atoms with Gasteiger partial charge in [0.25, 0.3) is 0 Å². The van der Waals surface area contributed by atoms with Crippen LogP contribution in [-0.4, -0.2) is 49.4 Å². The van der Waals surface area contributed by atoms with Crippen molar-refractivity contribution in [2.45, 2.75) is 38.1 Å². The number of likely N-dealkylation sites (tertiary alicyclic amines) is 1. The van der Waals surface area contributed by atoms with Crippen LogP contribution < -0.4 is 10.6 Å². The van der Waals surface area contributed by atoms with Gasteiger partial charge in [0.2, 0.25) is 11.8 Å². The van der Waals surface area contributed by atoms with Gasteiger partial charge in [-0.15, -0.1) is 12.4 Å². The zero-order valence-electron chi connectivity index (χ0n) is 11.5. The molecule has 2 aliphatic rings. The Hall–Kier alpha value is -0.810. The Kier molecular flexibility index (Phi) is 6.58. The summed E-state index contributed by atoms with van der Waals surface area (Å²) in [4.78, 5) is 25.6. The highest BCUT2D eigenvalue weighted by Gasteiger charge is 2.33. The molecule has 0 saturated carbocycles. The molecule has 0 aromatic carbocycles. The van der Waals surface area contributed by atoms with Gasteiger partial charge in [-0.25, -0.2) is 0 Å². The van der Waals surface area contributed by atoms with E-state index in [1.165, 1.54) is 6.42 Å². The number of hydrogen-bond donors (Lipinski definition) is 2. The predicted molar refractivity (Wildman–Crippen MR) is 76.3 cm³/mol. The standard InChI is InChI=1S/C13H23N3O2.ClH/c1-14-13(18)11-3-2-8-16(11)12(17)5-4-10-6-7-15-9-10;/h10-11,15H,2-9H2,1H3,(H,14,18);1H. The number of nitrogens with zero attached hydrogens (tertiary/aromatic N) is 1. The molecule has 2 saturated heterocycles. The van der Waals surface area contributed by atoms with E-state index in [1.807, 2.05) is 0 Å². The van der Waals surface area contributed by atoms with E-state index < -0.39 is 0 Å². The van der Waals surface area contributed by atoms with Crippen molar-refractivity contribution >= 4 is 24.2 Å². The van der Waals surface area contributed by atoms with Gasteiger partial charge in [0.1, 0.15) is 6.04 Å². The van der Waals surface area contributed by atoms with Crippen molar-refractivity contribution in [1.82, 2.24) is 15.5 Å². The minimum atomic E-state index is -0.232. The molecule has 0 aromatic heterocycles. The molecule has 0 bridgehead atoms. The minimum absolute atomic E-state index is 0. The molecule has 2 N–H and O–H groups in total. The maximum Gasteiger partial charge on any atom is 0.242 e. The van der Waals surface area contributed by atoms with Gasteiger partial charge >= 0.3 is 0 Å². The fraction of sp³-hybridized carbons (Fsp3) is 0.846. The van der Waals surface area contributed by atoms with E-state index in [4.69, 9.17) is 0 Å². The summed E-state index contributed by atoms with van der Waals surface area (Å²) in [5, 5.41) is 5.96. The number of rotatable bonds is 4. The van der Waals surface area contributed by atoms with E-state index in [0.717, 1.165) is 38.9 Å². The van der Waals surface area contributed by atoms with Crippen LogP contribution in [0.2, 0.25) is 0 Å². The number of halogens is 1. The summed E-state index contributed by atoms with van der Waals surface area (Å²) in [5.41, 5.74) is 0. The summed E-state index contributed by atoms with van der Waals surface area (Å²) in [7, 11) is 1.63. The summed E-state index contributed by atoms with van der Waals surface area (Å²) in [6.07, 6.45) is 4.44. The molecule has 2 heterocycles. The quantitative estimate of drug-likeness (QED) is 0.794. The molecule has 0 aromatic rings. The maximum absolute atomic E-state index is 12.2. The van der Waals surface area contributed by atoms with E-state index in [9.17, 15) is 9.59 Å². The number of amides is 2. The third-order valence-corrected chi connectivity index (χ3v) is 4.05. The average Bonchev–Trinajstić information content (AvgIpc) is 3.05. The second-order valence-corrected chi connectivity index (χ2v) is 5.26. The highest BCUT2D eigenvalue weighted by atomic mass is 35.5. The molecule has 110 valence electrons. The molecule has 2 rings (SSSR count). The van der Waals surface area contributed by atoms with Gasteiger partial charge in [-0.3, -0.25) is 9.59 Å². The van der Waals surface area contributed by atoms with Crippen LogP contribution in [0.25, 0.3) is 0 Å². The summed E-state index contributed by atoms with van der Waals surface area (Å²) >= 11 is 0. The second kappa shape index (κ2) is 7.70. The van der Waals surface area contributed by atoms with Crippen LogP contribution in [-0.2, 0) is 9.59 Å². The first-order valence-electron chi connectivity index (χ1n) is 6.94. The lowest BCUT2D eigenvalue weighted by Crippen LogP contribution is -2.44. The Balaban J connectivity index is 0.00000180. The Bertz CT molecular complexity index is 319. The molecule has 2 fully saturated rings. The Morgan fingerprint density at radius 3 is 2.79 bits per heavy atom. The fourth-order valence-electron chi connectivity index (χ4n) is 2.94. The topological polar surface area (TPSA) is 61.4 Å². The molecule has 19 heavy (non-hydrogen) atoms. The van der Waals surface area contributed by atoms with Crippen molar-refractivity contribution in [3.63, 3.8) is 0 Å². The van der Waals surface area contributed by atoms with Crippen LogP contribution >= 0.6 is 12.4 Å². The van der Waals surface area contributed by atoms with Gasteiger partial charge in [0.05, 0.1) is 0 Å². The number of likely N-dealkylation sites (N-methyl/N-ethyl adjacent to an activating group) is 1. The number of carbonyl (C=O) groups excluding carboxylic acids is 2. The highest BCUT2D eigenvalue weighted by molar-refractivity contribution is 5.88. The van der Waals surface area contributed by atoms with Crippen LogP contribution in [0.1, 0.15) is 32.1 Å². The smallest absolute Gasteiger partial charge is 0.242 e. The summed E-state index contributed by atoms with van der Waals surface area (Å²) in [6.45, 7) is 2.84. The van der Waals surface area contributed by atoms with Gasteiger partial charge < -0.3 is 15.5 Å². The van der Waals surface area contributed by atoms with Crippen molar-refractivity contribution in [2.75, 3.05) is 26.7 Å². The first-order valence-corrected chi connectivity index (χ1v) is 6.94. The second-order valence-electron chi connectivity index (χ2n) is 5.26. The van der Waals surface area contributed by atoms with Crippen LogP contribution in [0.15, 0.2) is 0 Å². The van der Waals surface area contributed by atoms with E-state index >= 15 is 0 Å². The van der Waals surface area contributed by atoms with E-state index in [0.29, 0.717) is 12.3 Å². The predicted octanol–water partition coefficient (Wildman–Crippen LogP) is 0.535. The van der Waals surface area contributed by atoms with Crippen molar-refractivity contribution < 1.29 is 9.59 Å². The number of carbonyl (C=O) groups is 2. The monoisotopic (exact) mass is 289 g/mol. The molecule has 5 nitrogen and oxygen atoms in total. The lowest BCUT2D eigenvalue weighted by molar-refractivity contribution is -0.138. The van der Waals surface area contributed by atoms with Gasteiger partial charge in [0.15, 0.2) is 0 Å². The van der Waals surface area contributed by atoms with Crippen molar-refractivity contribution in [3.8, 4) is 0 Å². The summed E-state index contributed by atoms with van der Waals surface area (Å²) in [5.74, 6) is 0.756. The van der Waals surface area contributed by atoms with Gasteiger partial charge in [-0.1, -0.05) is 0 Å². The molecule has 2 aliphatic heterocycles. The van der Waals surface area contributed by atoms with Crippen LogP contribution in [0.5, 0.6) is 0 Å². The normalized spacial score (nSPS) is 26.1. The van der Waals surface area contributed by atoms with Gasteiger partial charge in [0, 0.05) is 20.0 Å². The van der Waals surface area contributed by atoms with Crippen LogP contribution in [0.3, 0.4) is 0 Å². The molecular weight excluding hydrogens is 266 g/mol. The Morgan fingerprint density at radius 1 is 1.37 bits per heavy atom. The van der Waals surface area contributed by atoms with E-state index in [-0.39, 0.29) is 30.3 Å². The van der Waals surface area contributed by atoms with Crippen molar-refractivity contribution in [2.24, 2.45) is 5.92 Å². The highest BCUT2D eigenvalue weighted by Crippen LogP contribution is 2.21. The first kappa shape index (κ1) is 16.2. The Morgan fingerprint density at radius 2 is 2.16 bits per heavy atom. The zero-order valence-corrected chi connectivity index (χ0v) is 12.3. The van der Waals surface area contributed by atoms with Crippen molar-refractivity contribution in [1.29, 1.82) is 0 Å². The lowest BCUT2D eigenvalue weighted by atomic mass is 10.0. The molecule has 2 amide bonds. The van der Waals surface area contributed by atoms with Crippen molar-refractivity contribution in [3.05, 3.63) is 0 Å². The lowest BCUT2D eigenvalue weighted by Gasteiger charge is -2.23. The van der Waals surface area contributed by atoms with Crippen LogP contribution in [0, 0.1) is 5.92 Å². The van der Waals surface area contributed by atoms with E-state index in [1.54, 1.807) is 11.9 Å². The minimum Gasteiger partial charge on any atom is -0.357 e. The first-order chi connectivity index (χ1) is 8.72. The molecule has 2 unspecified atom stereocenters. The molecule has 2 atom stereocenters. The Labute approximate surface area is 120 Å². The van der Waals surface area contributed by atoms with Gasteiger partial charge in [-0.2, -0.15) is 0 Å². The molecular formula is C13H24ClN3O2. The maximum atomic E-state index is 12.2. The molecule has 6 heteroatoms. The fourth-order valence-corrected chi connectivity index (χ4v) is 2.94. The molecule has 0 spiro atoms. The summed E-state index contributed by atoms with van der Waals surface area (Å²) in [6, 6.07) is -0.232. The summed E-state index contributed by atoms with van der Waals surface area (Å²) < 4.78 is 0. The third kappa shape index (κ3) is 4.08. The average molecular weight is 290 g/mol. The SMILES string of the molecule is CNC(=O)C1CCCN1C(=O)CCC1CCNC1.Cl. The number of hydrogen-bond acceptors (Lipinski definition) is 3. The number of nitrogens with one attached hydrogen (secondary N) is 2.